The minimum Gasteiger partial charge on any atom is -0.337 e. The van der Waals surface area contributed by atoms with E-state index in [9.17, 15) is 4.79 Å². The van der Waals surface area contributed by atoms with Crippen molar-refractivity contribution in [1.82, 2.24) is 9.88 Å². The maximum atomic E-state index is 12.3. The number of aromatic nitrogens is 1. The third-order valence-corrected chi connectivity index (χ3v) is 4.21. The lowest BCUT2D eigenvalue weighted by Crippen LogP contribution is -2.26. The van der Waals surface area contributed by atoms with Crippen LogP contribution in [0.15, 0.2) is 41.0 Å². The Morgan fingerprint density at radius 2 is 2.05 bits per heavy atom. The number of nitrogens with zero attached hydrogens (tertiary/aromatic N) is 2. The first-order valence-corrected chi connectivity index (χ1v) is 7.34. The Bertz CT molecular complexity index is 649. The molecule has 1 aromatic carbocycles. The minimum atomic E-state index is -0.160. The number of carbonyl (C=O) groups is 1. The predicted molar refractivity (Wildman–Crippen MR) is 84.2 cm³/mol. The third kappa shape index (κ3) is 3.51. The zero-order chi connectivity index (χ0) is 14.7. The van der Waals surface area contributed by atoms with Gasteiger partial charge in [0.1, 0.15) is 5.15 Å². The van der Waals surface area contributed by atoms with Crippen LogP contribution in [0, 0.1) is 0 Å². The van der Waals surface area contributed by atoms with Gasteiger partial charge in [0.15, 0.2) is 0 Å². The zero-order valence-corrected chi connectivity index (χ0v) is 13.7. The second kappa shape index (κ2) is 6.57. The SMILES string of the molecule is CN(Cc1ccccc1Br)C(=O)c1cnc(Cl)c(Cl)c1. The van der Waals surface area contributed by atoms with E-state index in [0.717, 1.165) is 10.0 Å². The van der Waals surface area contributed by atoms with Gasteiger partial charge in [-0.25, -0.2) is 4.98 Å². The Morgan fingerprint density at radius 3 is 2.70 bits per heavy atom. The second-order valence-electron chi connectivity index (χ2n) is 4.25. The largest absolute Gasteiger partial charge is 0.337 e. The number of amides is 1. The van der Waals surface area contributed by atoms with Crippen LogP contribution in [0.25, 0.3) is 0 Å². The molecule has 104 valence electrons. The Balaban J connectivity index is 2.16. The lowest BCUT2D eigenvalue weighted by Gasteiger charge is -2.18. The molecule has 1 aromatic heterocycles. The van der Waals surface area contributed by atoms with Crippen LogP contribution < -0.4 is 0 Å². The molecular weight excluding hydrogens is 363 g/mol. The van der Waals surface area contributed by atoms with E-state index in [1.807, 2.05) is 24.3 Å². The Labute approximate surface area is 135 Å². The molecule has 0 spiro atoms. The highest BCUT2D eigenvalue weighted by molar-refractivity contribution is 9.10. The minimum absolute atomic E-state index is 0.160. The molecule has 1 heterocycles. The molecule has 20 heavy (non-hydrogen) atoms. The lowest BCUT2D eigenvalue weighted by atomic mass is 10.2. The number of carbonyl (C=O) groups excluding carboxylic acids is 1. The summed E-state index contributed by atoms with van der Waals surface area (Å²) in [5, 5.41) is 0.462. The molecule has 2 aromatic rings. The summed E-state index contributed by atoms with van der Waals surface area (Å²) in [7, 11) is 1.73. The van der Waals surface area contributed by atoms with Gasteiger partial charge in [-0.2, -0.15) is 0 Å². The Kier molecular flexibility index (Phi) is 5.02. The van der Waals surface area contributed by atoms with Crippen molar-refractivity contribution in [1.29, 1.82) is 0 Å². The van der Waals surface area contributed by atoms with E-state index in [-0.39, 0.29) is 16.1 Å². The van der Waals surface area contributed by atoms with Crippen molar-refractivity contribution < 1.29 is 4.79 Å². The highest BCUT2D eigenvalue weighted by atomic mass is 79.9. The first-order chi connectivity index (χ1) is 9.49. The molecule has 0 N–H and O–H groups in total. The maximum Gasteiger partial charge on any atom is 0.255 e. The van der Waals surface area contributed by atoms with Crippen LogP contribution in [0.2, 0.25) is 10.2 Å². The fourth-order valence-corrected chi connectivity index (χ4v) is 2.39. The summed E-state index contributed by atoms with van der Waals surface area (Å²) in [4.78, 5) is 17.8. The predicted octanol–water partition coefficient (Wildman–Crippen LogP) is 4.42. The third-order valence-electron chi connectivity index (χ3n) is 2.76. The molecule has 0 aliphatic carbocycles. The van der Waals surface area contributed by atoms with E-state index in [1.54, 1.807) is 11.9 Å². The van der Waals surface area contributed by atoms with E-state index in [4.69, 9.17) is 23.2 Å². The molecule has 6 heteroatoms. The molecule has 0 saturated carbocycles. The van der Waals surface area contributed by atoms with Crippen LogP contribution >= 0.6 is 39.1 Å². The summed E-state index contributed by atoms with van der Waals surface area (Å²) < 4.78 is 0.965. The maximum absolute atomic E-state index is 12.3. The molecule has 1 amide bonds. The second-order valence-corrected chi connectivity index (χ2v) is 5.87. The Hall–Kier alpha value is -1.10. The molecule has 0 bridgehead atoms. The number of halogens is 3. The first-order valence-electron chi connectivity index (χ1n) is 5.79. The smallest absolute Gasteiger partial charge is 0.255 e. The van der Waals surface area contributed by atoms with Crippen LogP contribution in [0.4, 0.5) is 0 Å². The molecule has 0 radical (unpaired) electrons. The quantitative estimate of drug-likeness (QED) is 0.746. The van der Waals surface area contributed by atoms with E-state index < -0.39 is 0 Å². The monoisotopic (exact) mass is 372 g/mol. The van der Waals surface area contributed by atoms with Crippen molar-refractivity contribution in [3.05, 3.63) is 62.3 Å². The summed E-state index contributed by atoms with van der Waals surface area (Å²) in [5.41, 5.74) is 1.44. The van der Waals surface area contributed by atoms with E-state index in [0.29, 0.717) is 12.1 Å². The average Bonchev–Trinajstić information content (AvgIpc) is 2.43. The van der Waals surface area contributed by atoms with Crippen LogP contribution in [0.3, 0.4) is 0 Å². The molecule has 0 unspecified atom stereocenters. The number of benzene rings is 1. The first kappa shape index (κ1) is 15.3. The van der Waals surface area contributed by atoms with Crippen molar-refractivity contribution in [3.8, 4) is 0 Å². The molecule has 0 aliphatic heterocycles. The van der Waals surface area contributed by atoms with Gasteiger partial charge in [-0.1, -0.05) is 57.3 Å². The highest BCUT2D eigenvalue weighted by Crippen LogP contribution is 2.22. The van der Waals surface area contributed by atoms with Gasteiger partial charge < -0.3 is 4.90 Å². The number of hydrogen-bond acceptors (Lipinski definition) is 2. The molecular formula is C14H11BrCl2N2O. The van der Waals surface area contributed by atoms with E-state index in [2.05, 4.69) is 20.9 Å². The summed E-state index contributed by atoms with van der Waals surface area (Å²) in [6.45, 7) is 0.487. The van der Waals surface area contributed by atoms with E-state index in [1.165, 1.54) is 12.3 Å². The Morgan fingerprint density at radius 1 is 1.35 bits per heavy atom. The van der Waals surface area contributed by atoms with Gasteiger partial charge in [-0.05, 0) is 17.7 Å². The summed E-state index contributed by atoms with van der Waals surface area (Å²) in [6, 6.07) is 9.28. The van der Waals surface area contributed by atoms with Crippen molar-refractivity contribution >= 4 is 45.0 Å². The van der Waals surface area contributed by atoms with Crippen molar-refractivity contribution in [2.75, 3.05) is 7.05 Å². The lowest BCUT2D eigenvalue weighted by molar-refractivity contribution is 0.0784. The molecule has 3 nitrogen and oxygen atoms in total. The molecule has 0 fully saturated rings. The van der Waals surface area contributed by atoms with Crippen molar-refractivity contribution in [3.63, 3.8) is 0 Å². The van der Waals surface area contributed by atoms with Gasteiger partial charge in [0, 0.05) is 24.3 Å². The van der Waals surface area contributed by atoms with Gasteiger partial charge in [0.25, 0.3) is 5.91 Å². The highest BCUT2D eigenvalue weighted by Gasteiger charge is 2.15. The summed E-state index contributed by atoms with van der Waals surface area (Å²) in [5.74, 6) is -0.160. The number of rotatable bonds is 3. The van der Waals surface area contributed by atoms with Gasteiger partial charge in [0.2, 0.25) is 0 Å². The average molecular weight is 374 g/mol. The number of pyridine rings is 1. The molecule has 0 saturated heterocycles. The zero-order valence-electron chi connectivity index (χ0n) is 10.6. The van der Waals surface area contributed by atoms with Crippen LogP contribution in [0.1, 0.15) is 15.9 Å². The topological polar surface area (TPSA) is 33.2 Å². The van der Waals surface area contributed by atoms with Crippen LogP contribution in [-0.4, -0.2) is 22.8 Å². The van der Waals surface area contributed by atoms with Gasteiger partial charge in [0.05, 0.1) is 10.6 Å². The number of hydrogen-bond donors (Lipinski definition) is 0. The molecule has 0 aliphatic rings. The molecule has 0 atom stereocenters. The summed E-state index contributed by atoms with van der Waals surface area (Å²) >= 11 is 15.1. The fraction of sp³-hybridized carbons (Fsp3) is 0.143. The summed E-state index contributed by atoms with van der Waals surface area (Å²) in [6.07, 6.45) is 1.42. The van der Waals surface area contributed by atoms with E-state index >= 15 is 0 Å². The fourth-order valence-electron chi connectivity index (χ4n) is 1.71. The van der Waals surface area contributed by atoms with Crippen LogP contribution in [0.5, 0.6) is 0 Å². The van der Waals surface area contributed by atoms with Gasteiger partial charge >= 0.3 is 0 Å². The normalized spacial score (nSPS) is 10.4. The van der Waals surface area contributed by atoms with Crippen LogP contribution in [-0.2, 0) is 6.54 Å². The standard InChI is InChI=1S/C14H11BrCl2N2O/c1-19(8-9-4-2-3-5-11(9)15)14(20)10-6-12(16)13(17)18-7-10/h2-7H,8H2,1H3. The van der Waals surface area contributed by atoms with Crippen molar-refractivity contribution in [2.24, 2.45) is 0 Å². The van der Waals surface area contributed by atoms with Gasteiger partial charge in [-0.3, -0.25) is 4.79 Å². The molecule has 2 rings (SSSR count). The van der Waals surface area contributed by atoms with Crippen molar-refractivity contribution in [2.45, 2.75) is 6.54 Å². The van der Waals surface area contributed by atoms with Gasteiger partial charge in [-0.15, -0.1) is 0 Å².